The van der Waals surface area contributed by atoms with Gasteiger partial charge in [0.1, 0.15) is 5.82 Å². The Morgan fingerprint density at radius 3 is 2.94 bits per heavy atom. The van der Waals surface area contributed by atoms with Crippen molar-refractivity contribution in [2.24, 2.45) is 0 Å². The van der Waals surface area contributed by atoms with Crippen LogP contribution in [0.15, 0.2) is 18.3 Å². The van der Waals surface area contributed by atoms with Crippen LogP contribution in [0.3, 0.4) is 0 Å². The first-order chi connectivity index (χ1) is 8.59. The Morgan fingerprint density at radius 1 is 1.44 bits per heavy atom. The molecule has 1 aliphatic rings. The van der Waals surface area contributed by atoms with E-state index in [4.69, 9.17) is 0 Å². The van der Waals surface area contributed by atoms with Gasteiger partial charge in [-0.2, -0.15) is 0 Å². The van der Waals surface area contributed by atoms with Crippen molar-refractivity contribution in [3.63, 3.8) is 0 Å². The summed E-state index contributed by atoms with van der Waals surface area (Å²) >= 11 is 0. The summed E-state index contributed by atoms with van der Waals surface area (Å²) < 4.78 is 0. The molecule has 4 heteroatoms. The van der Waals surface area contributed by atoms with Crippen molar-refractivity contribution in [1.29, 1.82) is 0 Å². The molecule has 18 heavy (non-hydrogen) atoms. The van der Waals surface area contributed by atoms with Crippen molar-refractivity contribution >= 4 is 5.82 Å². The van der Waals surface area contributed by atoms with Gasteiger partial charge in [-0.3, -0.25) is 0 Å². The average molecular weight is 249 g/mol. The van der Waals surface area contributed by atoms with E-state index in [0.29, 0.717) is 6.04 Å². The van der Waals surface area contributed by atoms with E-state index in [9.17, 15) is 5.11 Å². The molecule has 0 bridgehead atoms. The molecular formula is C14H23N3O. The lowest BCUT2D eigenvalue weighted by atomic mass is 10.1. The molecule has 1 aliphatic heterocycles. The number of aromatic nitrogens is 1. The van der Waals surface area contributed by atoms with Gasteiger partial charge in [0.25, 0.3) is 0 Å². The number of rotatable bonds is 2. The van der Waals surface area contributed by atoms with Crippen LogP contribution < -0.4 is 4.90 Å². The van der Waals surface area contributed by atoms with Gasteiger partial charge >= 0.3 is 0 Å². The summed E-state index contributed by atoms with van der Waals surface area (Å²) in [6.07, 6.45) is 2.47. The van der Waals surface area contributed by atoms with Crippen LogP contribution in [0.2, 0.25) is 0 Å². The van der Waals surface area contributed by atoms with Crippen LogP contribution in [0.5, 0.6) is 0 Å². The van der Waals surface area contributed by atoms with Gasteiger partial charge in [-0.25, -0.2) is 4.98 Å². The van der Waals surface area contributed by atoms with Crippen molar-refractivity contribution < 1.29 is 5.11 Å². The topological polar surface area (TPSA) is 39.6 Å². The zero-order chi connectivity index (χ0) is 13.1. The van der Waals surface area contributed by atoms with Gasteiger partial charge < -0.3 is 14.9 Å². The molecule has 2 rings (SSSR count). The molecule has 1 unspecified atom stereocenters. The van der Waals surface area contributed by atoms with Crippen LogP contribution in [0, 0.1) is 0 Å². The summed E-state index contributed by atoms with van der Waals surface area (Å²) in [6.45, 7) is 7.19. The van der Waals surface area contributed by atoms with Gasteiger partial charge in [0, 0.05) is 30.9 Å². The molecule has 4 nitrogen and oxygen atoms in total. The van der Waals surface area contributed by atoms with E-state index in [1.807, 2.05) is 18.3 Å². The predicted molar refractivity (Wildman–Crippen MR) is 73.8 cm³/mol. The van der Waals surface area contributed by atoms with E-state index in [2.05, 4.69) is 28.8 Å². The molecule has 2 heterocycles. The van der Waals surface area contributed by atoms with E-state index in [1.54, 1.807) is 6.92 Å². The highest BCUT2D eigenvalue weighted by atomic mass is 16.3. The summed E-state index contributed by atoms with van der Waals surface area (Å²) in [6, 6.07) is 4.28. The summed E-state index contributed by atoms with van der Waals surface area (Å²) in [5, 5.41) is 9.87. The molecule has 1 aromatic heterocycles. The molecule has 0 spiro atoms. The van der Waals surface area contributed by atoms with Gasteiger partial charge in [0.05, 0.1) is 6.10 Å². The summed E-state index contributed by atoms with van der Waals surface area (Å²) in [7, 11) is 2.16. The Kier molecular flexibility index (Phi) is 4.19. The van der Waals surface area contributed by atoms with Gasteiger partial charge in [-0.05, 0) is 39.9 Å². The highest BCUT2D eigenvalue weighted by molar-refractivity contribution is 5.48. The zero-order valence-corrected chi connectivity index (χ0v) is 11.5. The average Bonchev–Trinajstić information content (AvgIpc) is 2.50. The SMILES string of the molecule is CC1CN(C)CCCN1c1ncccc1[C@H](C)O. The number of likely N-dealkylation sites (N-methyl/N-ethyl adjacent to an activating group) is 1. The van der Waals surface area contributed by atoms with Gasteiger partial charge in [0.15, 0.2) is 0 Å². The normalized spacial score (nSPS) is 23.8. The number of pyridine rings is 1. The maximum atomic E-state index is 9.87. The highest BCUT2D eigenvalue weighted by Gasteiger charge is 2.23. The van der Waals surface area contributed by atoms with Crippen LogP contribution >= 0.6 is 0 Å². The zero-order valence-electron chi connectivity index (χ0n) is 11.5. The lowest BCUT2D eigenvalue weighted by Gasteiger charge is -2.31. The molecule has 0 amide bonds. The first-order valence-corrected chi connectivity index (χ1v) is 6.67. The molecule has 2 atom stereocenters. The molecule has 1 fully saturated rings. The van der Waals surface area contributed by atoms with Crippen molar-refractivity contribution in [2.75, 3.05) is 31.6 Å². The number of hydrogen-bond donors (Lipinski definition) is 1. The number of hydrogen-bond acceptors (Lipinski definition) is 4. The van der Waals surface area contributed by atoms with E-state index in [-0.39, 0.29) is 0 Å². The summed E-state index contributed by atoms with van der Waals surface area (Å²) in [5.74, 6) is 0.940. The third kappa shape index (κ3) is 2.82. The lowest BCUT2D eigenvalue weighted by Crippen LogP contribution is -2.39. The molecule has 1 aromatic rings. The summed E-state index contributed by atoms with van der Waals surface area (Å²) in [5.41, 5.74) is 0.925. The van der Waals surface area contributed by atoms with Crippen LogP contribution in [0.4, 0.5) is 5.82 Å². The fraction of sp³-hybridized carbons (Fsp3) is 0.643. The fourth-order valence-corrected chi connectivity index (χ4v) is 2.66. The first-order valence-electron chi connectivity index (χ1n) is 6.67. The minimum absolute atomic E-state index is 0.421. The van der Waals surface area contributed by atoms with E-state index < -0.39 is 6.10 Å². The molecule has 1 N–H and O–H groups in total. The molecule has 0 saturated carbocycles. The second-order valence-corrected chi connectivity index (χ2v) is 5.25. The summed E-state index contributed by atoms with van der Waals surface area (Å²) in [4.78, 5) is 9.17. The first kappa shape index (κ1) is 13.3. The molecular weight excluding hydrogens is 226 g/mol. The lowest BCUT2D eigenvalue weighted by molar-refractivity contribution is 0.199. The monoisotopic (exact) mass is 249 g/mol. The Hall–Kier alpha value is -1.13. The third-order valence-corrected chi connectivity index (χ3v) is 3.59. The van der Waals surface area contributed by atoms with E-state index in [0.717, 1.165) is 37.4 Å². The Bertz CT molecular complexity index is 394. The van der Waals surface area contributed by atoms with Crippen molar-refractivity contribution in [1.82, 2.24) is 9.88 Å². The number of nitrogens with zero attached hydrogens (tertiary/aromatic N) is 3. The fourth-order valence-electron chi connectivity index (χ4n) is 2.66. The van der Waals surface area contributed by atoms with Crippen molar-refractivity contribution in [3.05, 3.63) is 23.9 Å². The van der Waals surface area contributed by atoms with Crippen LogP contribution in [0.1, 0.15) is 31.9 Å². The van der Waals surface area contributed by atoms with Crippen LogP contribution in [-0.4, -0.2) is 47.7 Å². The number of aliphatic hydroxyl groups excluding tert-OH is 1. The minimum Gasteiger partial charge on any atom is -0.389 e. The second-order valence-electron chi connectivity index (χ2n) is 5.25. The third-order valence-electron chi connectivity index (χ3n) is 3.59. The standard InChI is InChI=1S/C14H23N3O/c1-11-10-16(3)8-5-9-17(11)14-13(12(2)18)6-4-7-15-14/h4,6-7,11-12,18H,5,8-10H2,1-3H3/t11?,12-/m0/s1. The largest absolute Gasteiger partial charge is 0.389 e. The maximum absolute atomic E-state index is 9.87. The van der Waals surface area contributed by atoms with Crippen molar-refractivity contribution in [3.8, 4) is 0 Å². The minimum atomic E-state index is -0.470. The van der Waals surface area contributed by atoms with Gasteiger partial charge in [-0.15, -0.1) is 0 Å². The number of anilines is 1. The Balaban J connectivity index is 2.29. The van der Waals surface area contributed by atoms with E-state index >= 15 is 0 Å². The predicted octanol–water partition coefficient (Wildman–Crippen LogP) is 1.67. The Morgan fingerprint density at radius 2 is 2.22 bits per heavy atom. The molecule has 0 radical (unpaired) electrons. The maximum Gasteiger partial charge on any atom is 0.134 e. The quantitative estimate of drug-likeness (QED) is 0.865. The van der Waals surface area contributed by atoms with Crippen molar-refractivity contribution in [2.45, 2.75) is 32.4 Å². The molecule has 0 aliphatic carbocycles. The van der Waals surface area contributed by atoms with Gasteiger partial charge in [0.2, 0.25) is 0 Å². The second kappa shape index (κ2) is 5.67. The molecule has 100 valence electrons. The highest BCUT2D eigenvalue weighted by Crippen LogP contribution is 2.26. The van der Waals surface area contributed by atoms with Gasteiger partial charge in [-0.1, -0.05) is 6.07 Å². The molecule has 1 saturated heterocycles. The number of aliphatic hydroxyl groups is 1. The smallest absolute Gasteiger partial charge is 0.134 e. The van der Waals surface area contributed by atoms with Crippen LogP contribution in [-0.2, 0) is 0 Å². The van der Waals surface area contributed by atoms with Crippen LogP contribution in [0.25, 0.3) is 0 Å². The molecule has 0 aromatic carbocycles. The van der Waals surface area contributed by atoms with E-state index in [1.165, 1.54) is 0 Å². The Labute approximate surface area is 109 Å².